The number of hydrogen-bond donors (Lipinski definition) is 0. The Labute approximate surface area is 123 Å². The molecule has 0 radical (unpaired) electrons. The monoisotopic (exact) mass is 289 g/mol. The maximum Gasteiger partial charge on any atom is 0.158 e. The Hall–Kier alpha value is -1.93. The molecule has 5 nitrogen and oxygen atoms in total. The summed E-state index contributed by atoms with van der Waals surface area (Å²) in [5.74, 6) is 1.21. The molecule has 2 rings (SSSR count). The van der Waals surface area contributed by atoms with Crippen molar-refractivity contribution in [2.45, 2.75) is 32.7 Å². The van der Waals surface area contributed by atoms with Gasteiger partial charge in [-0.3, -0.25) is 0 Å². The summed E-state index contributed by atoms with van der Waals surface area (Å²) in [6, 6.07) is 9.85. The number of rotatable bonds is 5. The van der Waals surface area contributed by atoms with E-state index in [2.05, 4.69) is 35.4 Å². The molecule has 0 fully saturated rings. The Morgan fingerprint density at radius 1 is 1.30 bits per heavy atom. The van der Waals surface area contributed by atoms with Gasteiger partial charge in [0.2, 0.25) is 0 Å². The molecule has 1 heterocycles. The third-order valence-electron chi connectivity index (χ3n) is 3.17. The third-order valence-corrected chi connectivity index (χ3v) is 3.42. The third kappa shape index (κ3) is 3.14. The molecule has 104 valence electrons. The zero-order valence-electron chi connectivity index (χ0n) is 11.5. The van der Waals surface area contributed by atoms with Gasteiger partial charge in [0, 0.05) is 10.9 Å². The van der Waals surface area contributed by atoms with Crippen molar-refractivity contribution in [1.29, 1.82) is 5.26 Å². The van der Waals surface area contributed by atoms with Gasteiger partial charge < -0.3 is 0 Å². The van der Waals surface area contributed by atoms with Crippen LogP contribution in [0.15, 0.2) is 24.3 Å². The Morgan fingerprint density at radius 3 is 2.60 bits per heavy atom. The van der Waals surface area contributed by atoms with Gasteiger partial charge in [0.05, 0.1) is 19.0 Å². The number of benzene rings is 1. The standard InChI is InChI=1S/C14H16ClN5/c1-10(2)13(11-4-6-12(15)7-5-11)14-17-18-19-20(14)9-3-8-16/h4-7,10,13H,3,9H2,1-2H3. The van der Waals surface area contributed by atoms with E-state index in [4.69, 9.17) is 16.9 Å². The lowest BCUT2D eigenvalue weighted by atomic mass is 9.87. The second-order valence-electron chi connectivity index (χ2n) is 4.94. The van der Waals surface area contributed by atoms with E-state index in [1.807, 2.05) is 24.3 Å². The summed E-state index contributed by atoms with van der Waals surface area (Å²) < 4.78 is 1.71. The number of aryl methyl sites for hydroxylation is 1. The van der Waals surface area contributed by atoms with Crippen LogP contribution in [0.1, 0.15) is 37.6 Å². The van der Waals surface area contributed by atoms with E-state index in [1.165, 1.54) is 0 Å². The largest absolute Gasteiger partial charge is 0.228 e. The maximum atomic E-state index is 8.70. The van der Waals surface area contributed by atoms with E-state index in [9.17, 15) is 0 Å². The van der Waals surface area contributed by atoms with Crippen molar-refractivity contribution in [3.05, 3.63) is 40.7 Å². The highest BCUT2D eigenvalue weighted by Gasteiger charge is 2.24. The van der Waals surface area contributed by atoms with Crippen LogP contribution >= 0.6 is 11.6 Å². The Kier molecular flexibility index (Phi) is 4.70. The molecule has 0 amide bonds. The second-order valence-corrected chi connectivity index (χ2v) is 5.38. The van der Waals surface area contributed by atoms with Crippen LogP contribution in [0.4, 0.5) is 0 Å². The molecule has 0 N–H and O–H groups in total. The summed E-state index contributed by atoms with van der Waals surface area (Å²) in [6.45, 7) is 4.76. The molecule has 0 aliphatic rings. The normalized spacial score (nSPS) is 12.3. The highest BCUT2D eigenvalue weighted by Crippen LogP contribution is 2.30. The molecule has 0 spiro atoms. The fourth-order valence-electron chi connectivity index (χ4n) is 2.25. The van der Waals surface area contributed by atoms with Gasteiger partial charge in [-0.05, 0) is 34.0 Å². The maximum absolute atomic E-state index is 8.70. The van der Waals surface area contributed by atoms with E-state index >= 15 is 0 Å². The molecule has 1 unspecified atom stereocenters. The molecule has 0 saturated heterocycles. The Balaban J connectivity index is 2.37. The molecule has 0 aliphatic heterocycles. The zero-order valence-corrected chi connectivity index (χ0v) is 12.2. The van der Waals surface area contributed by atoms with E-state index in [-0.39, 0.29) is 5.92 Å². The van der Waals surface area contributed by atoms with E-state index in [0.717, 1.165) is 11.4 Å². The number of nitriles is 1. The van der Waals surface area contributed by atoms with E-state index in [0.29, 0.717) is 23.9 Å². The first-order valence-corrected chi connectivity index (χ1v) is 6.89. The molecule has 1 atom stereocenters. The number of hydrogen-bond acceptors (Lipinski definition) is 4. The summed E-state index contributed by atoms with van der Waals surface area (Å²) >= 11 is 5.94. The molecule has 2 aromatic rings. The first kappa shape index (κ1) is 14.5. The van der Waals surface area contributed by atoms with Gasteiger partial charge >= 0.3 is 0 Å². The zero-order chi connectivity index (χ0) is 14.5. The van der Waals surface area contributed by atoms with Crippen molar-refractivity contribution in [3.8, 4) is 6.07 Å². The molecule has 0 saturated carbocycles. The molecular weight excluding hydrogens is 274 g/mol. The summed E-state index contributed by atoms with van der Waals surface area (Å²) in [4.78, 5) is 0. The minimum atomic E-state index is 0.0842. The van der Waals surface area contributed by atoms with Crippen LogP contribution in [-0.2, 0) is 6.54 Å². The van der Waals surface area contributed by atoms with Crippen molar-refractivity contribution >= 4 is 11.6 Å². The highest BCUT2D eigenvalue weighted by molar-refractivity contribution is 6.30. The number of aromatic nitrogens is 4. The van der Waals surface area contributed by atoms with Crippen molar-refractivity contribution < 1.29 is 0 Å². The average molecular weight is 290 g/mol. The van der Waals surface area contributed by atoms with Gasteiger partial charge in [0.25, 0.3) is 0 Å². The lowest BCUT2D eigenvalue weighted by Gasteiger charge is -2.20. The quantitative estimate of drug-likeness (QED) is 0.848. The van der Waals surface area contributed by atoms with Crippen LogP contribution < -0.4 is 0 Å². The topological polar surface area (TPSA) is 67.4 Å². The molecule has 1 aromatic carbocycles. The summed E-state index contributed by atoms with van der Waals surface area (Å²) in [7, 11) is 0. The van der Waals surface area contributed by atoms with Crippen LogP contribution in [0.25, 0.3) is 0 Å². The van der Waals surface area contributed by atoms with E-state index in [1.54, 1.807) is 4.68 Å². The summed E-state index contributed by atoms with van der Waals surface area (Å²) in [5, 5.41) is 21.3. The van der Waals surface area contributed by atoms with Gasteiger partial charge in [-0.15, -0.1) is 5.10 Å². The van der Waals surface area contributed by atoms with Crippen molar-refractivity contribution in [2.75, 3.05) is 0 Å². The minimum absolute atomic E-state index is 0.0842. The average Bonchev–Trinajstić information content (AvgIpc) is 2.86. The molecule has 0 aliphatic carbocycles. The molecular formula is C14H16ClN5. The Bertz CT molecular complexity index is 597. The molecule has 0 bridgehead atoms. The first-order valence-electron chi connectivity index (χ1n) is 6.52. The Morgan fingerprint density at radius 2 is 2.00 bits per heavy atom. The van der Waals surface area contributed by atoms with Gasteiger partial charge in [0.15, 0.2) is 5.82 Å². The predicted molar refractivity (Wildman–Crippen MR) is 76.2 cm³/mol. The van der Waals surface area contributed by atoms with Gasteiger partial charge in [-0.25, -0.2) is 4.68 Å². The van der Waals surface area contributed by atoms with Crippen LogP contribution in [0.3, 0.4) is 0 Å². The van der Waals surface area contributed by atoms with Crippen molar-refractivity contribution in [3.63, 3.8) is 0 Å². The molecule has 20 heavy (non-hydrogen) atoms. The number of nitrogens with zero attached hydrogens (tertiary/aromatic N) is 5. The number of halogens is 1. The first-order chi connectivity index (χ1) is 9.63. The predicted octanol–water partition coefficient (Wildman–Crippen LogP) is 3.03. The van der Waals surface area contributed by atoms with Crippen LogP contribution in [-0.4, -0.2) is 20.2 Å². The SMILES string of the molecule is CC(C)C(c1ccc(Cl)cc1)c1nnnn1CCC#N. The van der Waals surface area contributed by atoms with Gasteiger partial charge in [-0.1, -0.05) is 37.6 Å². The van der Waals surface area contributed by atoms with E-state index < -0.39 is 0 Å². The summed E-state index contributed by atoms with van der Waals surface area (Å²) in [5.41, 5.74) is 1.12. The smallest absolute Gasteiger partial charge is 0.158 e. The fourth-order valence-corrected chi connectivity index (χ4v) is 2.38. The fraction of sp³-hybridized carbons (Fsp3) is 0.429. The summed E-state index contributed by atoms with van der Waals surface area (Å²) in [6.07, 6.45) is 0.392. The number of tetrazole rings is 1. The molecule has 1 aromatic heterocycles. The van der Waals surface area contributed by atoms with Crippen LogP contribution in [0.2, 0.25) is 5.02 Å². The van der Waals surface area contributed by atoms with Crippen molar-refractivity contribution in [2.24, 2.45) is 5.92 Å². The molecule has 6 heteroatoms. The second kappa shape index (κ2) is 6.49. The van der Waals surface area contributed by atoms with Crippen LogP contribution in [0, 0.1) is 17.2 Å². The van der Waals surface area contributed by atoms with Gasteiger partial charge in [-0.2, -0.15) is 5.26 Å². The van der Waals surface area contributed by atoms with Crippen LogP contribution in [0.5, 0.6) is 0 Å². The van der Waals surface area contributed by atoms with Crippen molar-refractivity contribution in [1.82, 2.24) is 20.2 Å². The minimum Gasteiger partial charge on any atom is -0.228 e. The van der Waals surface area contributed by atoms with Gasteiger partial charge in [0.1, 0.15) is 0 Å². The lowest BCUT2D eigenvalue weighted by Crippen LogP contribution is -2.16. The highest BCUT2D eigenvalue weighted by atomic mass is 35.5. The lowest BCUT2D eigenvalue weighted by molar-refractivity contribution is 0.487.